The van der Waals surface area contributed by atoms with Crippen molar-refractivity contribution in [3.8, 4) is 0 Å². The standard InChI is InChI=1S/C16H27NO5/c1-6-12(17-15(20)22-16(2,3)4)13(18)10-8-7-9-11-14(19)21-5/h6,12H,1,7-11H2,2-5H3,(H,17,20). The zero-order valence-electron chi connectivity index (χ0n) is 13.9. The van der Waals surface area contributed by atoms with Crippen LogP contribution in [-0.4, -0.2) is 36.6 Å². The number of unbranched alkanes of at least 4 members (excludes halogenated alkanes) is 2. The Labute approximate surface area is 132 Å². The van der Waals surface area contributed by atoms with Gasteiger partial charge < -0.3 is 14.8 Å². The van der Waals surface area contributed by atoms with Gasteiger partial charge in [-0.2, -0.15) is 0 Å². The second-order valence-electron chi connectivity index (χ2n) is 5.96. The fourth-order valence-electron chi connectivity index (χ4n) is 1.71. The van der Waals surface area contributed by atoms with Gasteiger partial charge in [-0.05, 0) is 33.6 Å². The fraction of sp³-hybridized carbons (Fsp3) is 0.688. The molecule has 6 nitrogen and oxygen atoms in total. The number of methoxy groups -OCH3 is 1. The van der Waals surface area contributed by atoms with E-state index in [0.717, 1.165) is 6.42 Å². The minimum Gasteiger partial charge on any atom is -0.469 e. The molecule has 0 aromatic rings. The summed E-state index contributed by atoms with van der Waals surface area (Å²) < 4.78 is 9.64. The van der Waals surface area contributed by atoms with Gasteiger partial charge in [-0.25, -0.2) is 4.79 Å². The lowest BCUT2D eigenvalue weighted by atomic mass is 10.0. The minimum absolute atomic E-state index is 0.126. The highest BCUT2D eigenvalue weighted by Crippen LogP contribution is 2.09. The lowest BCUT2D eigenvalue weighted by molar-refractivity contribution is -0.140. The number of esters is 1. The highest BCUT2D eigenvalue weighted by atomic mass is 16.6. The summed E-state index contributed by atoms with van der Waals surface area (Å²) in [5.41, 5.74) is -0.618. The van der Waals surface area contributed by atoms with Gasteiger partial charge >= 0.3 is 12.1 Å². The molecule has 126 valence electrons. The largest absolute Gasteiger partial charge is 0.469 e. The van der Waals surface area contributed by atoms with Gasteiger partial charge in [0.1, 0.15) is 11.6 Å². The quantitative estimate of drug-likeness (QED) is 0.402. The van der Waals surface area contributed by atoms with Crippen LogP contribution >= 0.6 is 0 Å². The first-order chi connectivity index (χ1) is 10.2. The smallest absolute Gasteiger partial charge is 0.408 e. The predicted molar refractivity (Wildman–Crippen MR) is 83.5 cm³/mol. The third-order valence-corrected chi connectivity index (χ3v) is 2.79. The van der Waals surface area contributed by atoms with E-state index in [4.69, 9.17) is 4.74 Å². The van der Waals surface area contributed by atoms with Crippen molar-refractivity contribution in [1.29, 1.82) is 0 Å². The SMILES string of the molecule is C=CC(NC(=O)OC(C)(C)C)C(=O)CCCCCC(=O)OC. The second-order valence-corrected chi connectivity index (χ2v) is 5.96. The third kappa shape index (κ3) is 9.96. The van der Waals surface area contributed by atoms with Crippen molar-refractivity contribution in [2.24, 2.45) is 0 Å². The van der Waals surface area contributed by atoms with Gasteiger partial charge in [0.25, 0.3) is 0 Å². The molecule has 0 aromatic carbocycles. The van der Waals surface area contributed by atoms with Crippen LogP contribution in [-0.2, 0) is 19.1 Å². The highest BCUT2D eigenvalue weighted by molar-refractivity contribution is 5.89. The number of nitrogens with one attached hydrogen (secondary N) is 1. The number of carbonyl (C=O) groups excluding carboxylic acids is 3. The van der Waals surface area contributed by atoms with Crippen LogP contribution in [0.3, 0.4) is 0 Å². The van der Waals surface area contributed by atoms with E-state index in [2.05, 4.69) is 16.6 Å². The Morgan fingerprint density at radius 3 is 2.23 bits per heavy atom. The fourth-order valence-corrected chi connectivity index (χ4v) is 1.71. The second kappa shape index (κ2) is 9.97. The summed E-state index contributed by atoms with van der Waals surface area (Å²) in [7, 11) is 1.35. The maximum absolute atomic E-state index is 12.0. The molecule has 22 heavy (non-hydrogen) atoms. The summed E-state index contributed by atoms with van der Waals surface area (Å²) in [6.45, 7) is 8.80. The Morgan fingerprint density at radius 2 is 1.73 bits per heavy atom. The Hall–Kier alpha value is -1.85. The van der Waals surface area contributed by atoms with Gasteiger partial charge in [0.2, 0.25) is 0 Å². The summed E-state index contributed by atoms with van der Waals surface area (Å²) in [6.07, 6.45) is 3.49. The van der Waals surface area contributed by atoms with Gasteiger partial charge in [0.05, 0.1) is 7.11 Å². The molecule has 1 amide bonds. The van der Waals surface area contributed by atoms with E-state index < -0.39 is 17.7 Å². The monoisotopic (exact) mass is 313 g/mol. The van der Waals surface area contributed by atoms with Crippen LogP contribution in [0.25, 0.3) is 0 Å². The average molecular weight is 313 g/mol. The number of alkyl carbamates (subject to hydrolysis) is 1. The molecule has 0 aromatic heterocycles. The number of Topliss-reactive ketones (excluding diaryl/α,β-unsaturated/α-hetero) is 1. The zero-order valence-corrected chi connectivity index (χ0v) is 13.9. The van der Waals surface area contributed by atoms with Gasteiger partial charge in [-0.15, -0.1) is 6.58 Å². The maximum atomic E-state index is 12.0. The molecule has 0 aliphatic carbocycles. The van der Waals surface area contributed by atoms with E-state index in [0.29, 0.717) is 25.7 Å². The van der Waals surface area contributed by atoms with E-state index in [1.807, 2.05) is 0 Å². The molecule has 6 heteroatoms. The number of hydrogen-bond acceptors (Lipinski definition) is 5. The van der Waals surface area contributed by atoms with Gasteiger partial charge in [-0.3, -0.25) is 9.59 Å². The van der Waals surface area contributed by atoms with Gasteiger partial charge in [0.15, 0.2) is 5.78 Å². The normalized spacial score (nSPS) is 12.2. The van der Waals surface area contributed by atoms with Gasteiger partial charge in [-0.1, -0.05) is 12.5 Å². The van der Waals surface area contributed by atoms with Crippen LogP contribution in [0, 0.1) is 0 Å². The molecular weight excluding hydrogens is 286 g/mol. The molecule has 0 saturated heterocycles. The highest BCUT2D eigenvalue weighted by Gasteiger charge is 2.21. The Morgan fingerprint density at radius 1 is 1.14 bits per heavy atom. The number of amides is 1. The van der Waals surface area contributed by atoms with Crippen molar-refractivity contribution >= 4 is 17.8 Å². The third-order valence-electron chi connectivity index (χ3n) is 2.79. The van der Waals surface area contributed by atoms with E-state index in [9.17, 15) is 14.4 Å². The number of rotatable bonds is 9. The van der Waals surface area contributed by atoms with Crippen molar-refractivity contribution in [2.45, 2.75) is 64.5 Å². The minimum atomic E-state index is -0.754. The molecule has 0 aliphatic heterocycles. The van der Waals surface area contributed by atoms with E-state index >= 15 is 0 Å². The molecule has 1 N–H and O–H groups in total. The van der Waals surface area contributed by atoms with Crippen molar-refractivity contribution < 1.29 is 23.9 Å². The van der Waals surface area contributed by atoms with Gasteiger partial charge in [0, 0.05) is 12.8 Å². The van der Waals surface area contributed by atoms with Crippen molar-refractivity contribution in [3.05, 3.63) is 12.7 Å². The van der Waals surface area contributed by atoms with Crippen LogP contribution in [0.2, 0.25) is 0 Å². The molecule has 0 spiro atoms. The zero-order chi connectivity index (χ0) is 17.2. The molecule has 0 radical (unpaired) electrons. The molecule has 0 heterocycles. The van der Waals surface area contributed by atoms with E-state index in [-0.39, 0.29) is 11.8 Å². The van der Waals surface area contributed by atoms with Crippen molar-refractivity contribution in [1.82, 2.24) is 5.32 Å². The van der Waals surface area contributed by atoms with Crippen LogP contribution in [0.15, 0.2) is 12.7 Å². The first kappa shape index (κ1) is 20.1. The summed E-state index contributed by atoms with van der Waals surface area (Å²) in [5, 5.41) is 2.49. The number of ether oxygens (including phenoxy) is 2. The number of carbonyl (C=O) groups is 3. The number of hydrogen-bond donors (Lipinski definition) is 1. The van der Waals surface area contributed by atoms with Crippen molar-refractivity contribution in [2.75, 3.05) is 7.11 Å². The maximum Gasteiger partial charge on any atom is 0.408 e. The molecule has 0 aliphatic rings. The number of ketones is 1. The lowest BCUT2D eigenvalue weighted by Crippen LogP contribution is -2.42. The first-order valence-corrected chi connectivity index (χ1v) is 7.41. The van der Waals surface area contributed by atoms with E-state index in [1.165, 1.54) is 13.2 Å². The Kier molecular flexibility index (Phi) is 9.13. The molecule has 1 unspecified atom stereocenters. The predicted octanol–water partition coefficient (Wildman–Crippen LogP) is 2.76. The molecule has 0 fully saturated rings. The van der Waals surface area contributed by atoms with Crippen LogP contribution in [0.4, 0.5) is 4.79 Å². The topological polar surface area (TPSA) is 81.7 Å². The van der Waals surface area contributed by atoms with E-state index in [1.54, 1.807) is 20.8 Å². The summed E-state index contributed by atoms with van der Waals surface area (Å²) in [5.74, 6) is -0.374. The molecule has 1 atom stereocenters. The summed E-state index contributed by atoms with van der Waals surface area (Å²) in [6, 6.07) is -0.754. The molecule has 0 bridgehead atoms. The Bertz CT molecular complexity index is 398. The lowest BCUT2D eigenvalue weighted by Gasteiger charge is -2.21. The van der Waals surface area contributed by atoms with Crippen LogP contribution in [0.5, 0.6) is 0 Å². The average Bonchev–Trinajstić information content (AvgIpc) is 2.41. The molecule has 0 rings (SSSR count). The summed E-state index contributed by atoms with van der Waals surface area (Å²) in [4.78, 5) is 34.6. The van der Waals surface area contributed by atoms with Crippen LogP contribution < -0.4 is 5.32 Å². The molecule has 0 saturated carbocycles. The Balaban J connectivity index is 4.07. The molecular formula is C16H27NO5. The van der Waals surface area contributed by atoms with Crippen molar-refractivity contribution in [3.63, 3.8) is 0 Å². The first-order valence-electron chi connectivity index (χ1n) is 7.41. The van der Waals surface area contributed by atoms with Crippen LogP contribution in [0.1, 0.15) is 52.9 Å². The summed E-state index contributed by atoms with van der Waals surface area (Å²) >= 11 is 0.